The molecule has 96 valence electrons. The van der Waals surface area contributed by atoms with Crippen molar-refractivity contribution in [2.75, 3.05) is 13.1 Å². The van der Waals surface area contributed by atoms with Crippen LogP contribution in [0.25, 0.3) is 16.6 Å². The fourth-order valence-electron chi connectivity index (χ4n) is 2.27. The molecule has 0 unspecified atom stereocenters. The minimum atomic E-state index is 0.172. The third-order valence-electron chi connectivity index (χ3n) is 3.16. The molecule has 0 amide bonds. The molecule has 3 rings (SSSR count). The third-order valence-corrected chi connectivity index (χ3v) is 3.16. The molecule has 1 aliphatic rings. The van der Waals surface area contributed by atoms with Crippen molar-refractivity contribution >= 4 is 22.4 Å². The number of amidine groups is 1. The Morgan fingerprint density at radius 3 is 3.00 bits per heavy atom. The van der Waals surface area contributed by atoms with E-state index in [1.165, 1.54) is 0 Å². The predicted octanol–water partition coefficient (Wildman–Crippen LogP) is 2.31. The first-order valence-corrected chi connectivity index (χ1v) is 6.02. The first kappa shape index (κ1) is 11.5. The number of imidazole rings is 1. The maximum atomic E-state index is 10.0. The van der Waals surface area contributed by atoms with E-state index in [9.17, 15) is 5.11 Å². The molecule has 3 N–H and O–H groups in total. The lowest BCUT2D eigenvalue weighted by Gasteiger charge is -2.15. The van der Waals surface area contributed by atoms with Gasteiger partial charge in [-0.3, -0.25) is 5.41 Å². The van der Waals surface area contributed by atoms with Gasteiger partial charge in [0.2, 0.25) is 0 Å². The van der Waals surface area contributed by atoms with E-state index in [1.54, 1.807) is 11.0 Å². The van der Waals surface area contributed by atoms with E-state index in [2.05, 4.69) is 16.5 Å². The number of aliphatic hydroxyl groups is 1. The number of nitrogens with zero attached hydrogens (tertiary/aromatic N) is 2. The van der Waals surface area contributed by atoms with Crippen LogP contribution in [-0.2, 0) is 0 Å². The van der Waals surface area contributed by atoms with Gasteiger partial charge in [-0.25, -0.2) is 4.98 Å². The summed E-state index contributed by atoms with van der Waals surface area (Å²) in [6.07, 6.45) is 1.71. The van der Waals surface area contributed by atoms with Gasteiger partial charge < -0.3 is 15.0 Å². The van der Waals surface area contributed by atoms with Crippen LogP contribution < -0.4 is 0 Å². The minimum Gasteiger partial charge on any atom is -0.510 e. The summed E-state index contributed by atoms with van der Waals surface area (Å²) in [5.41, 5.74) is 2.19. The average molecular weight is 254 g/mol. The maximum absolute atomic E-state index is 10.0. The summed E-state index contributed by atoms with van der Waals surface area (Å²) in [5.74, 6) is 0.984. The van der Waals surface area contributed by atoms with Crippen molar-refractivity contribution in [1.82, 2.24) is 14.9 Å². The van der Waals surface area contributed by atoms with Crippen LogP contribution in [0.3, 0.4) is 0 Å². The number of para-hydroxylation sites is 2. The zero-order valence-electron chi connectivity index (χ0n) is 10.3. The number of aromatic amines is 1. The van der Waals surface area contributed by atoms with Crippen molar-refractivity contribution in [3.05, 3.63) is 48.5 Å². The molecular formula is C14H14N4O. The van der Waals surface area contributed by atoms with Gasteiger partial charge in [0.25, 0.3) is 0 Å². The standard InChI is InChI=1S/C14H14N4O/c1-2-7-18-8-11(19)12(13(18)15)14-16-9-5-3-4-6-10(9)17-14/h2-6,15,19H,1,7-8H2,(H,16,17). The second-order valence-corrected chi connectivity index (χ2v) is 4.44. The average Bonchev–Trinajstić information content (AvgIpc) is 2.91. The molecule has 5 nitrogen and oxygen atoms in total. The topological polar surface area (TPSA) is 76.0 Å². The van der Waals surface area contributed by atoms with Crippen molar-refractivity contribution in [2.24, 2.45) is 0 Å². The molecular weight excluding hydrogens is 240 g/mol. The van der Waals surface area contributed by atoms with Gasteiger partial charge in [0.05, 0.1) is 23.2 Å². The van der Waals surface area contributed by atoms with Crippen molar-refractivity contribution in [2.45, 2.75) is 0 Å². The zero-order chi connectivity index (χ0) is 13.4. The van der Waals surface area contributed by atoms with Crippen LogP contribution in [0.2, 0.25) is 0 Å². The number of aliphatic hydroxyl groups excluding tert-OH is 1. The van der Waals surface area contributed by atoms with E-state index in [0.29, 0.717) is 24.5 Å². The highest BCUT2D eigenvalue weighted by atomic mass is 16.3. The Bertz CT molecular complexity index is 665. The summed E-state index contributed by atoms with van der Waals surface area (Å²) in [5, 5.41) is 18.1. The van der Waals surface area contributed by atoms with Crippen LogP contribution in [-0.4, -0.2) is 38.9 Å². The van der Waals surface area contributed by atoms with E-state index in [4.69, 9.17) is 5.41 Å². The Labute approximate surface area is 110 Å². The van der Waals surface area contributed by atoms with Crippen molar-refractivity contribution in [1.29, 1.82) is 5.41 Å². The SMILES string of the molecule is C=CCN1CC(O)=C(c2nc3ccccc3[nH]2)C1=N. The molecule has 2 aromatic rings. The van der Waals surface area contributed by atoms with Crippen LogP contribution in [0.1, 0.15) is 5.82 Å². The van der Waals surface area contributed by atoms with E-state index >= 15 is 0 Å². The number of hydrogen-bond acceptors (Lipinski definition) is 3. The number of benzene rings is 1. The van der Waals surface area contributed by atoms with Gasteiger partial charge >= 0.3 is 0 Å². The third kappa shape index (κ3) is 1.79. The van der Waals surface area contributed by atoms with Gasteiger partial charge in [-0.1, -0.05) is 18.2 Å². The molecule has 5 heteroatoms. The Morgan fingerprint density at radius 2 is 2.26 bits per heavy atom. The predicted molar refractivity (Wildman–Crippen MR) is 75.1 cm³/mol. The van der Waals surface area contributed by atoms with Crippen LogP contribution in [0, 0.1) is 5.41 Å². The number of hydrogen-bond donors (Lipinski definition) is 3. The molecule has 19 heavy (non-hydrogen) atoms. The normalized spacial score (nSPS) is 15.6. The summed E-state index contributed by atoms with van der Waals surface area (Å²) in [4.78, 5) is 9.30. The first-order chi connectivity index (χ1) is 9.20. The number of nitrogens with one attached hydrogen (secondary N) is 2. The fraction of sp³-hybridized carbons (Fsp3) is 0.143. The number of rotatable bonds is 3. The van der Waals surface area contributed by atoms with Crippen LogP contribution in [0.15, 0.2) is 42.7 Å². The van der Waals surface area contributed by atoms with Gasteiger partial charge in [-0.15, -0.1) is 6.58 Å². The Morgan fingerprint density at radius 1 is 1.47 bits per heavy atom. The smallest absolute Gasteiger partial charge is 0.145 e. The molecule has 0 aliphatic carbocycles. The first-order valence-electron chi connectivity index (χ1n) is 6.02. The Hall–Kier alpha value is -2.56. The summed E-state index contributed by atoms with van der Waals surface area (Å²) in [7, 11) is 0. The molecule has 0 atom stereocenters. The van der Waals surface area contributed by atoms with Gasteiger partial charge in [0.1, 0.15) is 17.4 Å². The number of fused-ring (bicyclic) bond motifs is 1. The van der Waals surface area contributed by atoms with Gasteiger partial charge in [0.15, 0.2) is 0 Å². The Balaban J connectivity index is 2.03. The quantitative estimate of drug-likeness (QED) is 0.736. The summed E-state index contributed by atoms with van der Waals surface area (Å²) >= 11 is 0. The highest BCUT2D eigenvalue weighted by molar-refractivity contribution is 6.23. The molecule has 0 bridgehead atoms. The Kier molecular flexibility index (Phi) is 2.59. The van der Waals surface area contributed by atoms with E-state index in [1.807, 2.05) is 24.3 Å². The zero-order valence-corrected chi connectivity index (χ0v) is 10.3. The highest BCUT2D eigenvalue weighted by Crippen LogP contribution is 2.26. The second-order valence-electron chi connectivity index (χ2n) is 4.44. The van der Waals surface area contributed by atoms with E-state index < -0.39 is 0 Å². The summed E-state index contributed by atoms with van der Waals surface area (Å²) < 4.78 is 0. The lowest BCUT2D eigenvalue weighted by Crippen LogP contribution is -2.26. The van der Waals surface area contributed by atoms with E-state index in [0.717, 1.165) is 11.0 Å². The molecule has 0 radical (unpaired) electrons. The van der Waals surface area contributed by atoms with Crippen molar-refractivity contribution < 1.29 is 5.11 Å². The minimum absolute atomic E-state index is 0.172. The molecule has 1 aromatic heterocycles. The fourth-order valence-corrected chi connectivity index (χ4v) is 2.27. The van der Waals surface area contributed by atoms with Gasteiger partial charge in [-0.2, -0.15) is 0 Å². The molecule has 2 heterocycles. The molecule has 1 aliphatic heterocycles. The lowest BCUT2D eigenvalue weighted by molar-refractivity contribution is 0.362. The second kappa shape index (κ2) is 4.28. The molecule has 0 saturated heterocycles. The lowest BCUT2D eigenvalue weighted by atomic mass is 10.2. The van der Waals surface area contributed by atoms with Gasteiger partial charge in [0, 0.05) is 6.54 Å². The van der Waals surface area contributed by atoms with Crippen molar-refractivity contribution in [3.63, 3.8) is 0 Å². The summed E-state index contributed by atoms with van der Waals surface area (Å²) in [6, 6.07) is 7.64. The number of aromatic nitrogens is 2. The van der Waals surface area contributed by atoms with Crippen molar-refractivity contribution in [3.8, 4) is 0 Å². The molecule has 0 spiro atoms. The highest BCUT2D eigenvalue weighted by Gasteiger charge is 2.29. The van der Waals surface area contributed by atoms with E-state index in [-0.39, 0.29) is 11.6 Å². The maximum Gasteiger partial charge on any atom is 0.145 e. The van der Waals surface area contributed by atoms with Crippen LogP contribution >= 0.6 is 0 Å². The largest absolute Gasteiger partial charge is 0.510 e. The monoisotopic (exact) mass is 254 g/mol. The van der Waals surface area contributed by atoms with Crippen LogP contribution in [0.4, 0.5) is 0 Å². The van der Waals surface area contributed by atoms with Gasteiger partial charge in [-0.05, 0) is 12.1 Å². The molecule has 1 aromatic carbocycles. The molecule has 0 fully saturated rings. The number of H-pyrrole nitrogens is 1. The summed E-state index contributed by atoms with van der Waals surface area (Å²) in [6.45, 7) is 4.52. The van der Waals surface area contributed by atoms with Crippen LogP contribution in [0.5, 0.6) is 0 Å². The molecule has 0 saturated carbocycles.